The first-order valence-corrected chi connectivity index (χ1v) is 10.7. The number of carboxylic acid groups (broad SMARTS) is 2. The monoisotopic (exact) mass is 513 g/mol. The number of carboxylic acids is 2. The first-order chi connectivity index (χ1) is 16.9. The smallest absolute Gasteiger partial charge is 0.326 e. The van der Waals surface area contributed by atoms with Gasteiger partial charge >= 0.3 is 11.9 Å². The molecule has 0 spiro atoms. The van der Waals surface area contributed by atoms with Crippen LogP contribution in [0.3, 0.4) is 0 Å². The van der Waals surface area contributed by atoms with Crippen LogP contribution in [0.25, 0.3) is 0 Å². The van der Waals surface area contributed by atoms with Crippen molar-refractivity contribution in [3.63, 3.8) is 0 Å². The lowest BCUT2D eigenvalue weighted by molar-refractivity contribution is -0.143. The van der Waals surface area contributed by atoms with E-state index in [9.17, 15) is 29.1 Å². The number of guanidine groups is 1. The number of aromatic amines is 1. The number of aliphatic hydroxyl groups excluding tert-OH is 1. The van der Waals surface area contributed by atoms with Crippen LogP contribution >= 0.6 is 0 Å². The van der Waals surface area contributed by atoms with Crippen LogP contribution in [0, 0.1) is 0 Å². The maximum absolute atomic E-state index is 12.9. The highest BCUT2D eigenvalue weighted by Gasteiger charge is 2.31. The predicted octanol–water partition coefficient (Wildman–Crippen LogP) is -4.66. The van der Waals surface area contributed by atoms with E-state index >= 15 is 0 Å². The summed E-state index contributed by atoms with van der Waals surface area (Å²) in [6.07, 6.45) is 1.87. The van der Waals surface area contributed by atoms with Gasteiger partial charge in [-0.3, -0.25) is 24.2 Å². The fourth-order valence-electron chi connectivity index (χ4n) is 2.88. The van der Waals surface area contributed by atoms with Crippen molar-refractivity contribution in [2.24, 2.45) is 22.2 Å². The van der Waals surface area contributed by atoms with Crippen LogP contribution in [0.15, 0.2) is 17.5 Å². The van der Waals surface area contributed by atoms with Crippen molar-refractivity contribution >= 4 is 35.6 Å². The Bertz CT molecular complexity index is 933. The number of aliphatic carboxylic acids is 2. The molecule has 0 radical (unpaired) electrons. The highest BCUT2D eigenvalue weighted by Crippen LogP contribution is 2.05. The summed E-state index contributed by atoms with van der Waals surface area (Å²) in [4.78, 5) is 70.8. The lowest BCUT2D eigenvalue weighted by Gasteiger charge is -2.24. The van der Waals surface area contributed by atoms with Crippen molar-refractivity contribution in [1.29, 1.82) is 0 Å². The van der Waals surface area contributed by atoms with Crippen LogP contribution in [-0.2, 0) is 30.4 Å². The molecule has 0 aliphatic heterocycles. The summed E-state index contributed by atoms with van der Waals surface area (Å²) in [5.74, 6) is -5.87. The molecule has 0 aromatic carbocycles. The van der Waals surface area contributed by atoms with Crippen molar-refractivity contribution in [3.05, 3.63) is 18.2 Å². The number of nitrogens with one attached hydrogen (secondary N) is 4. The molecule has 1 heterocycles. The summed E-state index contributed by atoms with van der Waals surface area (Å²) in [6, 6.07) is -5.77. The Labute approximate surface area is 204 Å². The van der Waals surface area contributed by atoms with E-state index in [0.29, 0.717) is 5.69 Å². The minimum atomic E-state index is -1.64. The van der Waals surface area contributed by atoms with E-state index in [4.69, 9.17) is 27.4 Å². The molecule has 1 aromatic rings. The summed E-state index contributed by atoms with van der Waals surface area (Å²) < 4.78 is 0. The van der Waals surface area contributed by atoms with Crippen LogP contribution in [0.2, 0.25) is 0 Å². The molecule has 1 aromatic heterocycles. The first kappa shape index (κ1) is 29.8. The van der Waals surface area contributed by atoms with Crippen LogP contribution < -0.4 is 33.2 Å². The van der Waals surface area contributed by atoms with Gasteiger partial charge in [-0.2, -0.15) is 0 Å². The maximum atomic E-state index is 12.9. The normalized spacial score (nSPS) is 13.9. The van der Waals surface area contributed by atoms with Gasteiger partial charge in [0, 0.05) is 24.9 Å². The van der Waals surface area contributed by atoms with E-state index in [0.717, 1.165) is 0 Å². The van der Waals surface area contributed by atoms with Gasteiger partial charge in [-0.1, -0.05) is 0 Å². The van der Waals surface area contributed by atoms with Crippen molar-refractivity contribution in [2.75, 3.05) is 13.2 Å². The average Bonchev–Trinajstić information content (AvgIpc) is 3.31. The Balaban J connectivity index is 3.03. The van der Waals surface area contributed by atoms with Crippen LogP contribution in [0.4, 0.5) is 0 Å². The molecule has 17 heteroatoms. The van der Waals surface area contributed by atoms with Crippen molar-refractivity contribution in [3.8, 4) is 0 Å². The number of carbonyl (C=O) groups excluding carboxylic acids is 3. The molecular formula is C19H31N9O8. The summed E-state index contributed by atoms with van der Waals surface area (Å²) in [6.45, 7) is -0.624. The molecule has 36 heavy (non-hydrogen) atoms. The van der Waals surface area contributed by atoms with Gasteiger partial charge < -0.3 is 53.5 Å². The number of nitrogens with two attached hydrogens (primary N) is 3. The molecule has 0 aliphatic rings. The number of nitrogens with zero attached hydrogens (tertiary/aromatic N) is 2. The lowest BCUT2D eigenvalue weighted by Crippen LogP contribution is -2.58. The second-order valence-corrected chi connectivity index (χ2v) is 7.64. The molecule has 17 nitrogen and oxygen atoms in total. The highest BCUT2D eigenvalue weighted by atomic mass is 16.4. The topological polar surface area (TPSA) is 301 Å². The molecule has 4 unspecified atom stereocenters. The molecular weight excluding hydrogens is 482 g/mol. The van der Waals surface area contributed by atoms with Crippen molar-refractivity contribution < 1.29 is 39.3 Å². The van der Waals surface area contributed by atoms with Crippen LogP contribution in [0.5, 0.6) is 0 Å². The molecule has 0 saturated heterocycles. The lowest BCUT2D eigenvalue weighted by atomic mass is 10.1. The minimum absolute atomic E-state index is 0.0285. The Hall–Kier alpha value is -4.25. The van der Waals surface area contributed by atoms with Gasteiger partial charge in [0.05, 0.1) is 19.4 Å². The third-order valence-electron chi connectivity index (χ3n) is 4.72. The second-order valence-electron chi connectivity index (χ2n) is 7.64. The number of aliphatic imine (C=N–C) groups is 1. The minimum Gasteiger partial charge on any atom is -0.481 e. The highest BCUT2D eigenvalue weighted by molar-refractivity contribution is 5.95. The number of H-pyrrole nitrogens is 1. The van der Waals surface area contributed by atoms with E-state index in [1.807, 2.05) is 0 Å². The summed E-state index contributed by atoms with van der Waals surface area (Å²) >= 11 is 0. The zero-order valence-corrected chi connectivity index (χ0v) is 19.2. The number of aliphatic hydroxyl groups is 1. The van der Waals surface area contributed by atoms with Gasteiger partial charge in [0.1, 0.15) is 24.2 Å². The van der Waals surface area contributed by atoms with E-state index in [2.05, 4.69) is 30.9 Å². The molecule has 0 bridgehead atoms. The molecule has 1 rings (SSSR count). The zero-order valence-electron chi connectivity index (χ0n) is 19.2. The molecule has 0 aliphatic carbocycles. The largest absolute Gasteiger partial charge is 0.481 e. The van der Waals surface area contributed by atoms with Crippen molar-refractivity contribution in [1.82, 2.24) is 25.9 Å². The quantitative estimate of drug-likeness (QED) is 0.0566. The average molecular weight is 514 g/mol. The number of carbonyl (C=O) groups is 5. The molecule has 200 valence electrons. The third-order valence-corrected chi connectivity index (χ3v) is 4.72. The zero-order chi connectivity index (χ0) is 27.3. The van der Waals surface area contributed by atoms with Gasteiger partial charge in [-0.15, -0.1) is 0 Å². The van der Waals surface area contributed by atoms with E-state index in [-0.39, 0.29) is 31.8 Å². The molecule has 0 fully saturated rings. The van der Waals surface area contributed by atoms with Crippen LogP contribution in [-0.4, -0.2) is 98.2 Å². The van der Waals surface area contributed by atoms with Crippen molar-refractivity contribution in [2.45, 2.75) is 49.9 Å². The second kappa shape index (κ2) is 14.9. The molecule has 0 saturated carbocycles. The number of imidazole rings is 1. The van der Waals surface area contributed by atoms with Gasteiger partial charge in [-0.25, -0.2) is 9.78 Å². The van der Waals surface area contributed by atoms with Gasteiger partial charge in [0.2, 0.25) is 17.7 Å². The van der Waals surface area contributed by atoms with Gasteiger partial charge in [0.25, 0.3) is 0 Å². The Morgan fingerprint density at radius 3 is 2.14 bits per heavy atom. The van der Waals surface area contributed by atoms with E-state index in [1.54, 1.807) is 0 Å². The summed E-state index contributed by atoms with van der Waals surface area (Å²) in [5, 5.41) is 34.3. The van der Waals surface area contributed by atoms with Gasteiger partial charge in [0.15, 0.2) is 5.96 Å². The number of hydrogen-bond acceptors (Lipinski definition) is 9. The molecule has 13 N–H and O–H groups in total. The Morgan fingerprint density at radius 2 is 1.61 bits per heavy atom. The van der Waals surface area contributed by atoms with Crippen LogP contribution in [0.1, 0.15) is 25.0 Å². The summed E-state index contributed by atoms with van der Waals surface area (Å²) in [7, 11) is 0. The fourth-order valence-corrected chi connectivity index (χ4v) is 2.88. The summed E-state index contributed by atoms with van der Waals surface area (Å²) in [5.41, 5.74) is 16.2. The van der Waals surface area contributed by atoms with E-state index in [1.165, 1.54) is 12.5 Å². The maximum Gasteiger partial charge on any atom is 0.326 e. The Kier molecular flexibility index (Phi) is 12.3. The number of rotatable bonds is 16. The standard InChI is InChI=1S/C19H31N9O8/c20-10(7-29)15(32)27-13(5-14(30)31)17(34)28-12(4-9-6-23-8-25-9)16(33)26-11(18(35)36)2-1-3-24-19(21)22/h6,8,10-13,29H,1-5,7,20H2,(H,23,25)(H,26,33)(H,27,32)(H,28,34)(H,30,31)(H,35,36)(H4,21,22,24). The molecule has 3 amide bonds. The van der Waals surface area contributed by atoms with Gasteiger partial charge in [-0.05, 0) is 12.8 Å². The Morgan fingerprint density at radius 1 is 1.00 bits per heavy atom. The fraction of sp³-hybridized carbons (Fsp3) is 0.526. The first-order valence-electron chi connectivity index (χ1n) is 10.7. The third kappa shape index (κ3) is 10.8. The number of amides is 3. The number of hydrogen-bond donors (Lipinski definition) is 10. The SMILES string of the molecule is NC(N)=NCCCC(NC(=O)C(Cc1cnc[nH]1)NC(=O)C(CC(=O)O)NC(=O)C(N)CO)C(=O)O. The predicted molar refractivity (Wildman–Crippen MR) is 123 cm³/mol. The van der Waals surface area contributed by atoms with E-state index < -0.39 is 66.9 Å². The molecule has 4 atom stereocenters. The number of aromatic nitrogens is 2.